The number of nitrogen functional groups attached to an aromatic ring is 1. The van der Waals surface area contributed by atoms with Gasteiger partial charge in [-0.1, -0.05) is 6.92 Å². The Morgan fingerprint density at radius 3 is 3.00 bits per heavy atom. The molecule has 114 valence electrons. The molecule has 1 aliphatic heterocycles. The molecule has 8 heteroatoms. The van der Waals surface area contributed by atoms with Gasteiger partial charge in [0.05, 0.1) is 31.7 Å². The molecule has 0 aliphatic carbocycles. The predicted octanol–water partition coefficient (Wildman–Crippen LogP) is 0.236. The Hall–Kier alpha value is -1.93. The van der Waals surface area contributed by atoms with Crippen molar-refractivity contribution < 1.29 is 9.84 Å². The standard InChI is InChI=1S/C13H20N6O2/c1-7-3-8(5-20)21-9(7)4-19-6-16-10-11(15-2)17-13(14)18-12(10)19/h6-9,20H,3-5H2,1-2H3,(H3,14,15,17,18)/t7-,8-,9-/m0/s1. The molecule has 0 aromatic carbocycles. The third-order valence-electron chi connectivity index (χ3n) is 3.93. The smallest absolute Gasteiger partial charge is 0.224 e. The van der Waals surface area contributed by atoms with Crippen LogP contribution < -0.4 is 11.1 Å². The number of nitrogens with zero attached hydrogens (tertiary/aromatic N) is 4. The highest BCUT2D eigenvalue weighted by molar-refractivity contribution is 5.83. The lowest BCUT2D eigenvalue weighted by Crippen LogP contribution is -2.22. The van der Waals surface area contributed by atoms with Gasteiger partial charge in [0, 0.05) is 7.05 Å². The first-order valence-electron chi connectivity index (χ1n) is 7.04. The first-order chi connectivity index (χ1) is 10.1. The van der Waals surface area contributed by atoms with Crippen molar-refractivity contribution >= 4 is 22.9 Å². The van der Waals surface area contributed by atoms with E-state index in [2.05, 4.69) is 27.2 Å². The molecule has 1 aliphatic rings. The lowest BCUT2D eigenvalue weighted by Gasteiger charge is -2.16. The number of aliphatic hydroxyl groups excluding tert-OH is 1. The Kier molecular flexibility index (Phi) is 3.64. The van der Waals surface area contributed by atoms with E-state index in [1.54, 1.807) is 13.4 Å². The molecule has 3 rings (SSSR count). The van der Waals surface area contributed by atoms with Crippen molar-refractivity contribution in [3.63, 3.8) is 0 Å². The second kappa shape index (κ2) is 5.45. The molecule has 3 heterocycles. The van der Waals surface area contributed by atoms with E-state index in [0.717, 1.165) is 6.42 Å². The molecule has 21 heavy (non-hydrogen) atoms. The molecule has 0 unspecified atom stereocenters. The summed E-state index contributed by atoms with van der Waals surface area (Å²) in [5, 5.41) is 12.2. The van der Waals surface area contributed by atoms with E-state index < -0.39 is 0 Å². The number of aromatic nitrogens is 4. The van der Waals surface area contributed by atoms with E-state index in [-0.39, 0.29) is 24.8 Å². The minimum Gasteiger partial charge on any atom is -0.394 e. The van der Waals surface area contributed by atoms with Crippen LogP contribution in [-0.4, -0.2) is 50.5 Å². The summed E-state index contributed by atoms with van der Waals surface area (Å²) in [5.74, 6) is 1.20. The van der Waals surface area contributed by atoms with Gasteiger partial charge < -0.3 is 25.5 Å². The molecule has 4 N–H and O–H groups in total. The number of imidazole rings is 1. The van der Waals surface area contributed by atoms with Crippen LogP contribution in [0.3, 0.4) is 0 Å². The molecule has 2 aromatic rings. The summed E-state index contributed by atoms with van der Waals surface area (Å²) in [5.41, 5.74) is 7.12. The van der Waals surface area contributed by atoms with Crippen LogP contribution in [0, 0.1) is 5.92 Å². The van der Waals surface area contributed by atoms with Crippen molar-refractivity contribution in [2.24, 2.45) is 5.92 Å². The number of hydrogen-bond acceptors (Lipinski definition) is 7. The van der Waals surface area contributed by atoms with E-state index in [4.69, 9.17) is 10.5 Å². The van der Waals surface area contributed by atoms with Gasteiger partial charge in [0.15, 0.2) is 17.0 Å². The summed E-state index contributed by atoms with van der Waals surface area (Å²) in [6.07, 6.45) is 2.55. The van der Waals surface area contributed by atoms with Gasteiger partial charge in [-0.15, -0.1) is 0 Å². The third-order valence-corrected chi connectivity index (χ3v) is 3.93. The van der Waals surface area contributed by atoms with E-state index >= 15 is 0 Å². The molecule has 3 atom stereocenters. The second-order valence-electron chi connectivity index (χ2n) is 5.44. The number of nitrogens with one attached hydrogen (secondary N) is 1. The van der Waals surface area contributed by atoms with Crippen LogP contribution in [0.1, 0.15) is 13.3 Å². The maximum Gasteiger partial charge on any atom is 0.224 e. The minimum atomic E-state index is -0.0765. The Balaban J connectivity index is 1.90. The lowest BCUT2D eigenvalue weighted by atomic mass is 10.0. The van der Waals surface area contributed by atoms with Crippen molar-refractivity contribution in [3.8, 4) is 0 Å². The summed E-state index contributed by atoms with van der Waals surface area (Å²) in [6, 6.07) is 0. The third kappa shape index (κ3) is 2.52. The summed E-state index contributed by atoms with van der Waals surface area (Å²) in [7, 11) is 1.77. The van der Waals surface area contributed by atoms with Gasteiger partial charge in [0.2, 0.25) is 5.95 Å². The van der Waals surface area contributed by atoms with Crippen LogP contribution in [0.2, 0.25) is 0 Å². The van der Waals surface area contributed by atoms with Crippen molar-refractivity contribution in [2.45, 2.75) is 32.1 Å². The van der Waals surface area contributed by atoms with E-state index in [1.807, 2.05) is 4.57 Å². The fourth-order valence-electron chi connectivity index (χ4n) is 2.81. The van der Waals surface area contributed by atoms with Gasteiger partial charge in [-0.3, -0.25) is 0 Å². The SMILES string of the molecule is CNc1nc(N)nc2c1ncn2C[C@@H]1O[C@H](CO)C[C@@H]1C. The number of nitrogens with two attached hydrogens (primary N) is 1. The van der Waals surface area contributed by atoms with Crippen molar-refractivity contribution in [1.29, 1.82) is 0 Å². The quantitative estimate of drug-likeness (QED) is 0.740. The number of anilines is 2. The van der Waals surface area contributed by atoms with Crippen LogP contribution in [0.4, 0.5) is 11.8 Å². The predicted molar refractivity (Wildman–Crippen MR) is 78.8 cm³/mol. The Morgan fingerprint density at radius 1 is 1.52 bits per heavy atom. The number of hydrogen-bond donors (Lipinski definition) is 3. The first-order valence-corrected chi connectivity index (χ1v) is 7.04. The second-order valence-corrected chi connectivity index (χ2v) is 5.44. The van der Waals surface area contributed by atoms with Crippen LogP contribution >= 0.6 is 0 Å². The normalized spacial score (nSPS) is 25.6. The number of ether oxygens (including phenoxy) is 1. The molecule has 2 aromatic heterocycles. The van der Waals surface area contributed by atoms with Crippen molar-refractivity contribution in [2.75, 3.05) is 24.7 Å². The van der Waals surface area contributed by atoms with Crippen LogP contribution in [0.25, 0.3) is 11.2 Å². The molecule has 0 bridgehead atoms. The maximum absolute atomic E-state index is 9.21. The fraction of sp³-hybridized carbons (Fsp3) is 0.615. The van der Waals surface area contributed by atoms with Crippen LogP contribution in [-0.2, 0) is 11.3 Å². The molecule has 0 saturated carbocycles. The molecule has 1 saturated heterocycles. The van der Waals surface area contributed by atoms with Crippen molar-refractivity contribution in [1.82, 2.24) is 19.5 Å². The van der Waals surface area contributed by atoms with Crippen LogP contribution in [0.15, 0.2) is 6.33 Å². The molecular formula is C13H20N6O2. The average Bonchev–Trinajstić information content (AvgIpc) is 3.03. The lowest BCUT2D eigenvalue weighted by molar-refractivity contribution is -0.000776. The van der Waals surface area contributed by atoms with E-state index in [9.17, 15) is 5.11 Å². The zero-order chi connectivity index (χ0) is 15.0. The Morgan fingerprint density at radius 2 is 2.33 bits per heavy atom. The van der Waals surface area contributed by atoms with E-state index in [1.165, 1.54) is 0 Å². The molecule has 0 radical (unpaired) electrons. The van der Waals surface area contributed by atoms with Gasteiger partial charge in [-0.2, -0.15) is 9.97 Å². The molecule has 0 spiro atoms. The average molecular weight is 292 g/mol. The molecule has 8 nitrogen and oxygen atoms in total. The van der Waals surface area contributed by atoms with Gasteiger partial charge in [0.25, 0.3) is 0 Å². The van der Waals surface area contributed by atoms with Crippen LogP contribution in [0.5, 0.6) is 0 Å². The Bertz CT molecular complexity index is 643. The number of fused-ring (bicyclic) bond motifs is 1. The van der Waals surface area contributed by atoms with E-state index in [0.29, 0.717) is 29.4 Å². The molecule has 0 amide bonds. The highest BCUT2D eigenvalue weighted by Crippen LogP contribution is 2.28. The Labute approximate surface area is 122 Å². The molecule has 1 fully saturated rings. The fourth-order valence-corrected chi connectivity index (χ4v) is 2.81. The molecular weight excluding hydrogens is 272 g/mol. The van der Waals surface area contributed by atoms with Gasteiger partial charge >= 0.3 is 0 Å². The number of aliphatic hydroxyl groups is 1. The number of rotatable bonds is 4. The highest BCUT2D eigenvalue weighted by atomic mass is 16.5. The minimum absolute atomic E-state index is 0.0359. The zero-order valence-corrected chi connectivity index (χ0v) is 12.2. The van der Waals surface area contributed by atoms with Crippen molar-refractivity contribution in [3.05, 3.63) is 6.33 Å². The summed E-state index contributed by atoms with van der Waals surface area (Å²) in [4.78, 5) is 12.7. The van der Waals surface area contributed by atoms with Gasteiger partial charge in [-0.05, 0) is 12.3 Å². The summed E-state index contributed by atoms with van der Waals surface area (Å²) < 4.78 is 7.77. The largest absolute Gasteiger partial charge is 0.394 e. The topological polar surface area (TPSA) is 111 Å². The maximum atomic E-state index is 9.21. The zero-order valence-electron chi connectivity index (χ0n) is 12.2. The monoisotopic (exact) mass is 292 g/mol. The van der Waals surface area contributed by atoms with Gasteiger partial charge in [0.1, 0.15) is 0 Å². The highest BCUT2D eigenvalue weighted by Gasteiger charge is 2.32. The summed E-state index contributed by atoms with van der Waals surface area (Å²) >= 11 is 0. The first kappa shape index (κ1) is 14.0. The van der Waals surface area contributed by atoms with Gasteiger partial charge in [-0.25, -0.2) is 4.98 Å². The summed E-state index contributed by atoms with van der Waals surface area (Å²) in [6.45, 7) is 2.82.